The Labute approximate surface area is 69.7 Å². The molecule has 0 spiro atoms. The van der Waals surface area contributed by atoms with Gasteiger partial charge >= 0.3 is 0 Å². The summed E-state index contributed by atoms with van der Waals surface area (Å²) >= 11 is 0. The molecule has 0 fully saturated rings. The van der Waals surface area contributed by atoms with Crippen molar-refractivity contribution in [3.63, 3.8) is 0 Å². The van der Waals surface area contributed by atoms with Gasteiger partial charge in [0.2, 0.25) is 0 Å². The van der Waals surface area contributed by atoms with Crippen LogP contribution < -0.4 is 0 Å². The molecule has 0 aromatic heterocycles. The summed E-state index contributed by atoms with van der Waals surface area (Å²) in [7, 11) is 0. The van der Waals surface area contributed by atoms with Gasteiger partial charge in [-0.05, 0) is 0 Å². The Morgan fingerprint density at radius 3 is 1.57 bits per heavy atom. The SMILES string of the molecule is P.S.[CH2-]CCC.[Zn]. The Morgan fingerprint density at radius 1 is 1.43 bits per heavy atom. The largest absolute Gasteiger partial charge is 0.343 e. The fourth-order valence-corrected chi connectivity index (χ4v) is 0. The first-order valence-electron chi connectivity index (χ1n) is 1.71. The van der Waals surface area contributed by atoms with E-state index < -0.39 is 0 Å². The van der Waals surface area contributed by atoms with Crippen LogP contribution in [0, 0.1) is 6.92 Å². The van der Waals surface area contributed by atoms with Gasteiger partial charge in [0.05, 0.1) is 0 Å². The molecule has 0 heterocycles. The molecule has 0 rings (SSSR count). The standard InChI is InChI=1S/C4H9.H3P.H2S.Zn/c1-3-4-2;;;/h1,3-4H2,2H3;1H3;1H2;/q-1;;;. The molecule has 0 saturated carbocycles. The molecule has 0 radical (unpaired) electrons. The van der Waals surface area contributed by atoms with Crippen molar-refractivity contribution >= 4 is 23.4 Å². The van der Waals surface area contributed by atoms with Crippen molar-refractivity contribution in [3.05, 3.63) is 6.92 Å². The van der Waals surface area contributed by atoms with Crippen LogP contribution in [0.4, 0.5) is 0 Å². The summed E-state index contributed by atoms with van der Waals surface area (Å²) in [4.78, 5) is 0. The minimum atomic E-state index is 0. The van der Waals surface area contributed by atoms with Crippen LogP contribution in [-0.4, -0.2) is 0 Å². The zero-order chi connectivity index (χ0) is 3.41. The van der Waals surface area contributed by atoms with E-state index in [-0.39, 0.29) is 42.9 Å². The van der Waals surface area contributed by atoms with Crippen LogP contribution in [-0.2, 0) is 19.5 Å². The van der Waals surface area contributed by atoms with Crippen LogP contribution >= 0.6 is 23.4 Å². The fourth-order valence-electron chi connectivity index (χ4n) is 0. The van der Waals surface area contributed by atoms with Crippen LogP contribution in [0.2, 0.25) is 0 Å². The van der Waals surface area contributed by atoms with Gasteiger partial charge in [0.25, 0.3) is 0 Å². The van der Waals surface area contributed by atoms with Crippen molar-refractivity contribution in [2.45, 2.75) is 19.8 Å². The first-order chi connectivity index (χ1) is 1.91. The second-order valence-corrected chi connectivity index (χ2v) is 0.854. The van der Waals surface area contributed by atoms with E-state index in [1.807, 2.05) is 0 Å². The third-order valence-corrected chi connectivity index (χ3v) is 0.354. The molecule has 0 nitrogen and oxygen atoms in total. The van der Waals surface area contributed by atoms with E-state index in [9.17, 15) is 0 Å². The zero-order valence-electron chi connectivity index (χ0n) is 5.04. The molecule has 1 unspecified atom stereocenters. The molecular formula is C4H14PSZn-. The first-order valence-corrected chi connectivity index (χ1v) is 1.71. The monoisotopic (exact) mass is 189 g/mol. The average Bonchev–Trinajstić information content (AvgIpc) is 1.37. The van der Waals surface area contributed by atoms with Crippen molar-refractivity contribution in [3.8, 4) is 0 Å². The number of hydrogen-bond donors (Lipinski definition) is 0. The van der Waals surface area contributed by atoms with Gasteiger partial charge in [0, 0.05) is 19.5 Å². The zero-order valence-corrected chi connectivity index (χ0v) is 10.4. The van der Waals surface area contributed by atoms with E-state index in [4.69, 9.17) is 0 Å². The maximum Gasteiger partial charge on any atom is 0 e. The van der Waals surface area contributed by atoms with Crippen LogP contribution in [0.1, 0.15) is 19.8 Å². The van der Waals surface area contributed by atoms with Gasteiger partial charge in [-0.15, -0.1) is 0 Å². The normalized spacial score (nSPS) is 4.29. The van der Waals surface area contributed by atoms with Gasteiger partial charge in [-0.1, -0.05) is 13.3 Å². The van der Waals surface area contributed by atoms with Gasteiger partial charge in [0.1, 0.15) is 0 Å². The van der Waals surface area contributed by atoms with Crippen molar-refractivity contribution in [2.24, 2.45) is 0 Å². The smallest absolute Gasteiger partial charge is 0 e. The van der Waals surface area contributed by atoms with E-state index in [1.165, 1.54) is 6.42 Å². The quantitative estimate of drug-likeness (QED) is 0.336. The van der Waals surface area contributed by atoms with Crippen molar-refractivity contribution in [2.75, 3.05) is 0 Å². The van der Waals surface area contributed by atoms with Crippen molar-refractivity contribution in [1.29, 1.82) is 0 Å². The summed E-state index contributed by atoms with van der Waals surface area (Å²) in [6.45, 7) is 5.72. The molecule has 0 aromatic rings. The Morgan fingerprint density at radius 2 is 1.57 bits per heavy atom. The van der Waals surface area contributed by atoms with Gasteiger partial charge < -0.3 is 6.92 Å². The van der Waals surface area contributed by atoms with E-state index in [1.54, 1.807) is 0 Å². The molecule has 0 amide bonds. The maximum absolute atomic E-state index is 3.60. The minimum Gasteiger partial charge on any atom is -0.343 e. The third kappa shape index (κ3) is 37.4. The summed E-state index contributed by atoms with van der Waals surface area (Å²) in [5, 5.41) is 0. The molecule has 1 atom stereocenters. The van der Waals surface area contributed by atoms with Gasteiger partial charge in [-0.25, -0.2) is 0 Å². The molecule has 0 aliphatic carbocycles. The summed E-state index contributed by atoms with van der Waals surface area (Å²) in [5.74, 6) is 0. The summed E-state index contributed by atoms with van der Waals surface area (Å²) in [6.07, 6.45) is 2.28. The fraction of sp³-hybridized carbons (Fsp3) is 0.750. The van der Waals surface area contributed by atoms with Gasteiger partial charge in [0.15, 0.2) is 0 Å². The molecule has 0 aliphatic rings. The molecule has 7 heavy (non-hydrogen) atoms. The molecule has 44 valence electrons. The van der Waals surface area contributed by atoms with E-state index >= 15 is 0 Å². The number of rotatable bonds is 1. The molecule has 3 heteroatoms. The van der Waals surface area contributed by atoms with Crippen LogP contribution in [0.25, 0.3) is 0 Å². The Bertz CT molecular complexity index is 13.7. The molecule has 0 bridgehead atoms. The summed E-state index contributed by atoms with van der Waals surface area (Å²) in [6, 6.07) is 0. The number of hydrogen-bond acceptors (Lipinski definition) is 0. The number of unbranched alkanes of at least 4 members (excludes halogenated alkanes) is 1. The molecule has 0 aliphatic heterocycles. The first kappa shape index (κ1) is 23.8. The second-order valence-electron chi connectivity index (χ2n) is 0.854. The van der Waals surface area contributed by atoms with E-state index in [0.717, 1.165) is 6.42 Å². The molecule has 0 saturated heterocycles. The Kier molecular flexibility index (Phi) is 88.9. The molecular weight excluding hydrogens is 176 g/mol. The van der Waals surface area contributed by atoms with Crippen LogP contribution in [0.3, 0.4) is 0 Å². The summed E-state index contributed by atoms with van der Waals surface area (Å²) < 4.78 is 0. The van der Waals surface area contributed by atoms with E-state index in [2.05, 4.69) is 13.8 Å². The van der Waals surface area contributed by atoms with Gasteiger partial charge in [-0.2, -0.15) is 29.8 Å². The summed E-state index contributed by atoms with van der Waals surface area (Å²) in [5.41, 5.74) is 0. The average molecular weight is 191 g/mol. The predicted octanol–water partition coefficient (Wildman–Crippen LogP) is 1.79. The molecule has 0 aromatic carbocycles. The van der Waals surface area contributed by atoms with Crippen LogP contribution in [0.5, 0.6) is 0 Å². The molecule has 0 N–H and O–H groups in total. The maximum atomic E-state index is 3.60. The second kappa shape index (κ2) is 26.2. The minimum absolute atomic E-state index is 0. The van der Waals surface area contributed by atoms with Crippen LogP contribution in [0.15, 0.2) is 0 Å². The van der Waals surface area contributed by atoms with Crippen molar-refractivity contribution in [1.82, 2.24) is 0 Å². The van der Waals surface area contributed by atoms with E-state index in [0.29, 0.717) is 0 Å². The Balaban J connectivity index is -0.0000000150. The Hall–Kier alpha value is 1.40. The van der Waals surface area contributed by atoms with Crippen molar-refractivity contribution < 1.29 is 19.5 Å². The predicted molar refractivity (Wildman–Crippen MR) is 41.8 cm³/mol. The van der Waals surface area contributed by atoms with Gasteiger partial charge in [-0.3, -0.25) is 0 Å². The topological polar surface area (TPSA) is 0 Å². The third-order valence-electron chi connectivity index (χ3n) is 0.354.